The number of halogens is 2. The van der Waals surface area contributed by atoms with Gasteiger partial charge in [-0.2, -0.15) is 0 Å². The lowest BCUT2D eigenvalue weighted by Gasteiger charge is -2.10. The third kappa shape index (κ3) is 3.58. The van der Waals surface area contributed by atoms with Crippen molar-refractivity contribution >= 4 is 24.8 Å². The Morgan fingerprint density at radius 1 is 1.36 bits per heavy atom. The standard InChI is InChI=1S/C6H14N2O.2ClH/c1-8-3-5(7)6(4-8)9-2;;/h5-6H,3-4,7H2,1-2H3;2*1H/t5-,6+;;/m1../s1. The van der Waals surface area contributed by atoms with E-state index < -0.39 is 0 Å². The van der Waals surface area contributed by atoms with Gasteiger partial charge in [0.15, 0.2) is 0 Å². The van der Waals surface area contributed by atoms with Gasteiger partial charge in [-0.25, -0.2) is 0 Å². The summed E-state index contributed by atoms with van der Waals surface area (Å²) in [6, 6.07) is 0.208. The van der Waals surface area contributed by atoms with Gasteiger partial charge in [0.1, 0.15) is 0 Å². The fourth-order valence-electron chi connectivity index (χ4n) is 1.24. The number of methoxy groups -OCH3 is 1. The first-order valence-electron chi connectivity index (χ1n) is 3.21. The molecule has 0 aromatic heterocycles. The second-order valence-electron chi connectivity index (χ2n) is 2.66. The quantitative estimate of drug-likeness (QED) is 0.657. The zero-order valence-electron chi connectivity index (χ0n) is 6.82. The molecule has 5 heteroatoms. The summed E-state index contributed by atoms with van der Waals surface area (Å²) in [5, 5.41) is 0. The average molecular weight is 203 g/mol. The van der Waals surface area contributed by atoms with Crippen molar-refractivity contribution < 1.29 is 4.74 Å². The van der Waals surface area contributed by atoms with Crippen molar-refractivity contribution in [3.05, 3.63) is 0 Å². The van der Waals surface area contributed by atoms with Crippen LogP contribution in [0.4, 0.5) is 0 Å². The van der Waals surface area contributed by atoms with Crippen molar-refractivity contribution in [2.45, 2.75) is 12.1 Å². The van der Waals surface area contributed by atoms with E-state index in [0.717, 1.165) is 13.1 Å². The molecule has 0 radical (unpaired) electrons. The molecule has 1 aliphatic rings. The predicted molar refractivity (Wildman–Crippen MR) is 50.8 cm³/mol. The minimum Gasteiger partial charge on any atom is -0.378 e. The SMILES string of the molecule is CO[C@H]1CN(C)C[C@H]1N.Cl.Cl. The number of likely N-dealkylation sites (N-methyl/N-ethyl adjacent to an activating group) is 1. The second-order valence-corrected chi connectivity index (χ2v) is 2.66. The number of likely N-dealkylation sites (tertiary alicyclic amines) is 1. The molecule has 2 N–H and O–H groups in total. The summed E-state index contributed by atoms with van der Waals surface area (Å²) >= 11 is 0. The topological polar surface area (TPSA) is 38.5 Å². The first-order chi connectivity index (χ1) is 4.24. The zero-order valence-corrected chi connectivity index (χ0v) is 8.45. The molecule has 0 bridgehead atoms. The van der Waals surface area contributed by atoms with Gasteiger partial charge >= 0.3 is 0 Å². The third-order valence-electron chi connectivity index (χ3n) is 1.79. The van der Waals surface area contributed by atoms with E-state index in [2.05, 4.69) is 11.9 Å². The molecule has 0 spiro atoms. The van der Waals surface area contributed by atoms with Crippen molar-refractivity contribution in [1.82, 2.24) is 4.90 Å². The van der Waals surface area contributed by atoms with Crippen LogP contribution in [0.3, 0.4) is 0 Å². The molecule has 1 rings (SSSR count). The molecule has 1 heterocycles. The van der Waals surface area contributed by atoms with Crippen molar-refractivity contribution in [2.24, 2.45) is 5.73 Å². The zero-order chi connectivity index (χ0) is 6.85. The van der Waals surface area contributed by atoms with Gasteiger partial charge in [0, 0.05) is 26.2 Å². The Morgan fingerprint density at radius 2 is 1.91 bits per heavy atom. The van der Waals surface area contributed by atoms with Gasteiger partial charge in [0.2, 0.25) is 0 Å². The maximum absolute atomic E-state index is 5.71. The van der Waals surface area contributed by atoms with Gasteiger partial charge in [-0.05, 0) is 7.05 Å². The van der Waals surface area contributed by atoms with Crippen LogP contribution in [-0.4, -0.2) is 44.3 Å². The highest BCUT2D eigenvalue weighted by Gasteiger charge is 2.26. The van der Waals surface area contributed by atoms with Gasteiger partial charge in [0.05, 0.1) is 6.10 Å². The summed E-state index contributed by atoms with van der Waals surface area (Å²) in [5.74, 6) is 0. The Labute approximate surface area is 80.1 Å². The molecule has 3 nitrogen and oxygen atoms in total. The van der Waals surface area contributed by atoms with Crippen LogP contribution >= 0.6 is 24.8 Å². The Balaban J connectivity index is 0. The summed E-state index contributed by atoms with van der Waals surface area (Å²) in [5.41, 5.74) is 5.71. The molecule has 11 heavy (non-hydrogen) atoms. The molecule has 2 atom stereocenters. The highest BCUT2D eigenvalue weighted by Crippen LogP contribution is 2.07. The summed E-state index contributed by atoms with van der Waals surface area (Å²) in [7, 11) is 3.77. The number of hydrogen-bond acceptors (Lipinski definition) is 3. The van der Waals surface area contributed by atoms with E-state index in [0.29, 0.717) is 0 Å². The monoisotopic (exact) mass is 202 g/mol. The normalized spacial score (nSPS) is 30.8. The first-order valence-corrected chi connectivity index (χ1v) is 3.21. The van der Waals surface area contributed by atoms with E-state index in [-0.39, 0.29) is 37.0 Å². The molecule has 0 aromatic carbocycles. The number of ether oxygens (including phenoxy) is 1. The van der Waals surface area contributed by atoms with Crippen molar-refractivity contribution in [3.8, 4) is 0 Å². The van der Waals surface area contributed by atoms with Crippen LogP contribution in [0.2, 0.25) is 0 Å². The lowest BCUT2D eigenvalue weighted by molar-refractivity contribution is 0.100. The second kappa shape index (κ2) is 6.03. The highest BCUT2D eigenvalue weighted by molar-refractivity contribution is 5.85. The van der Waals surface area contributed by atoms with E-state index in [1.54, 1.807) is 7.11 Å². The van der Waals surface area contributed by atoms with Gasteiger partial charge in [-0.3, -0.25) is 0 Å². The van der Waals surface area contributed by atoms with Crippen LogP contribution in [0.1, 0.15) is 0 Å². The maximum atomic E-state index is 5.71. The van der Waals surface area contributed by atoms with Crippen molar-refractivity contribution in [3.63, 3.8) is 0 Å². The maximum Gasteiger partial charge on any atom is 0.0861 e. The molecule has 0 unspecified atom stereocenters. The lowest BCUT2D eigenvalue weighted by Crippen LogP contribution is -2.34. The Kier molecular flexibility index (Phi) is 7.68. The van der Waals surface area contributed by atoms with Crippen molar-refractivity contribution in [2.75, 3.05) is 27.2 Å². The Bertz CT molecular complexity index is 105. The lowest BCUT2D eigenvalue weighted by atomic mass is 10.2. The van der Waals surface area contributed by atoms with Crippen LogP contribution in [-0.2, 0) is 4.74 Å². The van der Waals surface area contributed by atoms with E-state index in [1.165, 1.54) is 0 Å². The largest absolute Gasteiger partial charge is 0.378 e. The van der Waals surface area contributed by atoms with Crippen molar-refractivity contribution in [1.29, 1.82) is 0 Å². The molecule has 0 saturated carbocycles. The molecule has 0 amide bonds. The van der Waals surface area contributed by atoms with E-state index in [4.69, 9.17) is 10.5 Å². The summed E-state index contributed by atoms with van der Waals surface area (Å²) in [6.45, 7) is 1.93. The van der Waals surface area contributed by atoms with Crippen LogP contribution in [0.5, 0.6) is 0 Å². The fourth-order valence-corrected chi connectivity index (χ4v) is 1.24. The predicted octanol–water partition coefficient (Wildman–Crippen LogP) is 0.118. The molecule has 70 valence electrons. The Morgan fingerprint density at radius 3 is 2.09 bits per heavy atom. The van der Waals surface area contributed by atoms with E-state index >= 15 is 0 Å². The molecular weight excluding hydrogens is 187 g/mol. The molecule has 1 fully saturated rings. The number of hydrogen-bond donors (Lipinski definition) is 1. The average Bonchev–Trinajstić information content (AvgIpc) is 2.10. The molecule has 0 aliphatic carbocycles. The summed E-state index contributed by atoms with van der Waals surface area (Å²) in [4.78, 5) is 2.18. The third-order valence-corrected chi connectivity index (χ3v) is 1.79. The molecule has 1 saturated heterocycles. The minimum atomic E-state index is 0. The number of nitrogens with zero attached hydrogens (tertiary/aromatic N) is 1. The van der Waals surface area contributed by atoms with Gasteiger partial charge in [-0.15, -0.1) is 24.8 Å². The summed E-state index contributed by atoms with van der Waals surface area (Å²) < 4.78 is 5.13. The molecular formula is C6H16Cl2N2O. The smallest absolute Gasteiger partial charge is 0.0861 e. The van der Waals surface area contributed by atoms with Gasteiger partial charge in [0.25, 0.3) is 0 Å². The van der Waals surface area contributed by atoms with E-state index in [1.807, 2.05) is 0 Å². The molecule has 1 aliphatic heterocycles. The number of nitrogens with two attached hydrogens (primary N) is 1. The van der Waals surface area contributed by atoms with Gasteiger partial charge in [-0.1, -0.05) is 0 Å². The number of rotatable bonds is 1. The van der Waals surface area contributed by atoms with Crippen LogP contribution in [0, 0.1) is 0 Å². The molecule has 0 aromatic rings. The fraction of sp³-hybridized carbons (Fsp3) is 1.00. The highest BCUT2D eigenvalue weighted by atomic mass is 35.5. The first kappa shape index (κ1) is 14.0. The van der Waals surface area contributed by atoms with Crippen LogP contribution in [0.25, 0.3) is 0 Å². The van der Waals surface area contributed by atoms with Crippen LogP contribution in [0.15, 0.2) is 0 Å². The minimum absolute atomic E-state index is 0. The summed E-state index contributed by atoms with van der Waals surface area (Å²) in [6.07, 6.45) is 0.245. The van der Waals surface area contributed by atoms with Crippen LogP contribution < -0.4 is 5.73 Å². The van der Waals surface area contributed by atoms with E-state index in [9.17, 15) is 0 Å². The van der Waals surface area contributed by atoms with Gasteiger partial charge < -0.3 is 15.4 Å². The Hall–Kier alpha value is 0.460.